The van der Waals surface area contributed by atoms with Crippen LogP contribution in [-0.2, 0) is 0 Å². The highest BCUT2D eigenvalue weighted by molar-refractivity contribution is 5.92. The Kier molecular flexibility index (Phi) is 3.02. The summed E-state index contributed by atoms with van der Waals surface area (Å²) in [4.78, 5) is 22.7. The number of amides is 1. The van der Waals surface area contributed by atoms with Crippen molar-refractivity contribution < 1.29 is 9.53 Å². The Balaban J connectivity index is 2.45. The lowest BCUT2D eigenvalue weighted by Crippen LogP contribution is -2.14. The number of nitrogens with two attached hydrogens (primary N) is 2. The van der Waals surface area contributed by atoms with Crippen LogP contribution in [0.15, 0.2) is 12.4 Å². The lowest BCUT2D eigenvalue weighted by atomic mass is 10.4. The van der Waals surface area contributed by atoms with E-state index in [2.05, 4.69) is 25.5 Å². The first kappa shape index (κ1) is 11.7. The van der Waals surface area contributed by atoms with Gasteiger partial charge in [0.25, 0.3) is 11.9 Å². The van der Waals surface area contributed by atoms with Gasteiger partial charge >= 0.3 is 6.01 Å². The molecule has 0 spiro atoms. The number of hydrogen-bond donors (Lipinski definition) is 3. The van der Waals surface area contributed by atoms with Crippen molar-refractivity contribution >= 4 is 11.9 Å². The van der Waals surface area contributed by atoms with E-state index in [4.69, 9.17) is 16.3 Å². The molecule has 0 saturated carbocycles. The van der Waals surface area contributed by atoms with E-state index < -0.39 is 5.91 Å². The number of methoxy groups -OCH3 is 1. The van der Waals surface area contributed by atoms with E-state index in [9.17, 15) is 4.79 Å². The first-order chi connectivity index (χ1) is 8.63. The van der Waals surface area contributed by atoms with Gasteiger partial charge in [-0.25, -0.2) is 10.5 Å². The molecular weight excluding hydrogens is 240 g/mol. The van der Waals surface area contributed by atoms with Crippen LogP contribution in [0.25, 0.3) is 5.95 Å². The molecule has 94 valence electrons. The first-order valence-corrected chi connectivity index (χ1v) is 4.75. The second-order valence-electron chi connectivity index (χ2n) is 3.13. The fourth-order valence-corrected chi connectivity index (χ4v) is 1.16. The maximum absolute atomic E-state index is 11.0. The zero-order valence-electron chi connectivity index (χ0n) is 9.36. The third-order valence-electron chi connectivity index (χ3n) is 1.99. The molecule has 5 N–H and O–H groups in total. The molecule has 0 aliphatic rings. The van der Waals surface area contributed by atoms with Gasteiger partial charge in [-0.3, -0.25) is 10.2 Å². The zero-order valence-corrected chi connectivity index (χ0v) is 9.36. The topological polar surface area (TPSA) is 147 Å². The van der Waals surface area contributed by atoms with Gasteiger partial charge in [0.05, 0.1) is 18.9 Å². The fourth-order valence-electron chi connectivity index (χ4n) is 1.16. The number of carbonyl (C=O) groups excluding carboxylic acids is 1. The summed E-state index contributed by atoms with van der Waals surface area (Å²) in [6, 6.07) is 0.0593. The standard InChI is InChI=1S/C8H10N8O2/c1-18-8-13-6(15-10)12-7(14-8)16-3-4(2-11-16)5(9)17/h2-3H,10H2,1H3,(H2,9,17)(H,12,13,14,15). The van der Waals surface area contributed by atoms with Crippen LogP contribution in [0.4, 0.5) is 5.95 Å². The molecule has 2 heterocycles. The van der Waals surface area contributed by atoms with Crippen LogP contribution in [0, 0.1) is 0 Å². The lowest BCUT2D eigenvalue weighted by molar-refractivity contribution is 0.100. The Hall–Kier alpha value is -2.75. The van der Waals surface area contributed by atoms with Gasteiger partial charge in [0, 0.05) is 6.20 Å². The van der Waals surface area contributed by atoms with E-state index in [0.717, 1.165) is 0 Å². The molecule has 10 heteroatoms. The van der Waals surface area contributed by atoms with Crippen LogP contribution in [-0.4, -0.2) is 37.7 Å². The number of primary amides is 1. The Morgan fingerprint density at radius 3 is 2.78 bits per heavy atom. The van der Waals surface area contributed by atoms with Crippen LogP contribution >= 0.6 is 0 Å². The largest absolute Gasteiger partial charge is 0.467 e. The van der Waals surface area contributed by atoms with Crippen molar-refractivity contribution in [3.8, 4) is 12.0 Å². The molecule has 2 aromatic rings. The quantitative estimate of drug-likeness (QED) is 0.436. The van der Waals surface area contributed by atoms with Gasteiger partial charge in [0.2, 0.25) is 5.95 Å². The molecule has 18 heavy (non-hydrogen) atoms. The van der Waals surface area contributed by atoms with Gasteiger partial charge < -0.3 is 10.5 Å². The minimum absolute atomic E-state index is 0.0593. The van der Waals surface area contributed by atoms with Crippen LogP contribution in [0.2, 0.25) is 0 Å². The summed E-state index contributed by atoms with van der Waals surface area (Å²) >= 11 is 0. The van der Waals surface area contributed by atoms with Crippen molar-refractivity contribution in [3.05, 3.63) is 18.0 Å². The predicted molar refractivity (Wildman–Crippen MR) is 59.8 cm³/mol. The molecule has 0 aliphatic heterocycles. The Labute approximate surface area is 101 Å². The maximum atomic E-state index is 11.0. The molecule has 0 fully saturated rings. The summed E-state index contributed by atoms with van der Waals surface area (Å²) in [6.45, 7) is 0. The number of nitrogen functional groups attached to an aromatic ring is 1. The number of hydrazine groups is 1. The molecule has 2 rings (SSSR count). The van der Waals surface area contributed by atoms with Crippen molar-refractivity contribution in [2.45, 2.75) is 0 Å². The summed E-state index contributed by atoms with van der Waals surface area (Å²) in [6.07, 6.45) is 2.69. The summed E-state index contributed by atoms with van der Waals surface area (Å²) in [7, 11) is 1.40. The van der Waals surface area contributed by atoms with Gasteiger partial charge in [-0.05, 0) is 0 Å². The van der Waals surface area contributed by atoms with E-state index in [-0.39, 0.29) is 23.5 Å². The summed E-state index contributed by atoms with van der Waals surface area (Å²) in [5.74, 6) is 4.86. The van der Waals surface area contributed by atoms with Crippen LogP contribution in [0.1, 0.15) is 10.4 Å². The Bertz CT molecular complexity index is 558. The van der Waals surface area contributed by atoms with E-state index in [1.54, 1.807) is 0 Å². The number of anilines is 1. The number of hydrogen-bond acceptors (Lipinski definition) is 8. The second kappa shape index (κ2) is 4.63. The molecule has 10 nitrogen and oxygen atoms in total. The highest BCUT2D eigenvalue weighted by Gasteiger charge is 2.11. The second-order valence-corrected chi connectivity index (χ2v) is 3.13. The van der Waals surface area contributed by atoms with Crippen LogP contribution < -0.4 is 21.7 Å². The maximum Gasteiger partial charge on any atom is 0.322 e. The molecule has 0 unspecified atom stereocenters. The highest BCUT2D eigenvalue weighted by Crippen LogP contribution is 2.10. The average Bonchev–Trinajstić information content (AvgIpc) is 2.87. The number of ether oxygens (including phenoxy) is 1. The van der Waals surface area contributed by atoms with Gasteiger partial charge in [0.15, 0.2) is 0 Å². The van der Waals surface area contributed by atoms with Gasteiger partial charge in [0.1, 0.15) is 0 Å². The lowest BCUT2D eigenvalue weighted by Gasteiger charge is -2.04. The van der Waals surface area contributed by atoms with E-state index in [1.165, 1.54) is 24.2 Å². The monoisotopic (exact) mass is 250 g/mol. The minimum atomic E-state index is -0.598. The van der Waals surface area contributed by atoms with Crippen molar-refractivity contribution in [1.29, 1.82) is 0 Å². The Morgan fingerprint density at radius 1 is 1.44 bits per heavy atom. The predicted octanol–water partition coefficient (Wildman–Crippen LogP) is -1.55. The molecule has 1 amide bonds. The third kappa shape index (κ3) is 2.17. The summed E-state index contributed by atoms with van der Waals surface area (Å²) < 4.78 is 6.14. The molecule has 0 aliphatic carbocycles. The summed E-state index contributed by atoms with van der Waals surface area (Å²) in [5, 5.41) is 3.90. The number of rotatable bonds is 4. The molecule has 0 saturated heterocycles. The van der Waals surface area contributed by atoms with E-state index in [1.807, 2.05) is 0 Å². The SMILES string of the molecule is COc1nc(NN)nc(-n2cc(C(N)=O)cn2)n1. The van der Waals surface area contributed by atoms with E-state index >= 15 is 0 Å². The van der Waals surface area contributed by atoms with Crippen LogP contribution in [0.3, 0.4) is 0 Å². The third-order valence-corrected chi connectivity index (χ3v) is 1.99. The Morgan fingerprint density at radius 2 is 2.22 bits per heavy atom. The normalized spacial score (nSPS) is 10.1. The zero-order chi connectivity index (χ0) is 13.1. The molecular formula is C8H10N8O2. The number of nitrogens with one attached hydrogen (secondary N) is 1. The van der Waals surface area contributed by atoms with Gasteiger partial charge in [-0.1, -0.05) is 0 Å². The average molecular weight is 250 g/mol. The minimum Gasteiger partial charge on any atom is -0.467 e. The van der Waals surface area contributed by atoms with Crippen molar-refractivity contribution in [2.24, 2.45) is 11.6 Å². The van der Waals surface area contributed by atoms with Crippen molar-refractivity contribution in [3.63, 3.8) is 0 Å². The van der Waals surface area contributed by atoms with E-state index in [0.29, 0.717) is 0 Å². The molecule has 0 aromatic carbocycles. The number of nitrogens with zero attached hydrogens (tertiary/aromatic N) is 5. The highest BCUT2D eigenvalue weighted by atomic mass is 16.5. The van der Waals surface area contributed by atoms with Crippen molar-refractivity contribution in [2.75, 3.05) is 12.5 Å². The molecule has 0 bridgehead atoms. The fraction of sp³-hybridized carbons (Fsp3) is 0.125. The van der Waals surface area contributed by atoms with Gasteiger partial charge in [-0.15, -0.1) is 0 Å². The van der Waals surface area contributed by atoms with Gasteiger partial charge in [-0.2, -0.15) is 20.1 Å². The number of carbonyl (C=O) groups is 1. The van der Waals surface area contributed by atoms with Crippen molar-refractivity contribution in [1.82, 2.24) is 24.7 Å². The molecule has 0 radical (unpaired) electrons. The molecule has 2 aromatic heterocycles. The smallest absolute Gasteiger partial charge is 0.322 e. The number of aromatic nitrogens is 5. The summed E-state index contributed by atoms with van der Waals surface area (Å²) in [5.41, 5.74) is 7.61. The van der Waals surface area contributed by atoms with Crippen LogP contribution in [0.5, 0.6) is 6.01 Å². The molecule has 0 atom stereocenters. The first-order valence-electron chi connectivity index (χ1n) is 4.75.